The molecule has 1 aliphatic rings. The standard InChI is InChI=1S/C16H17ClN2O4S/c1-19(2)24(21,22)15-8-10(5-6-13(15)17)18-16(20)12-9-11(12)14-4-3-7-23-14/h3-8,11-12H,9H2,1-2H3,(H,18,20). The minimum Gasteiger partial charge on any atom is -0.469 e. The zero-order valence-electron chi connectivity index (χ0n) is 13.2. The summed E-state index contributed by atoms with van der Waals surface area (Å²) in [5.41, 5.74) is 0.398. The third-order valence-corrected chi connectivity index (χ3v) is 6.29. The predicted molar refractivity (Wildman–Crippen MR) is 90.5 cm³/mol. The van der Waals surface area contributed by atoms with Gasteiger partial charge in [-0.1, -0.05) is 11.6 Å². The number of benzene rings is 1. The van der Waals surface area contributed by atoms with Gasteiger partial charge in [0.2, 0.25) is 15.9 Å². The molecule has 3 rings (SSSR count). The van der Waals surface area contributed by atoms with Crippen molar-refractivity contribution in [1.82, 2.24) is 4.31 Å². The first-order valence-corrected chi connectivity index (χ1v) is 9.19. The fourth-order valence-electron chi connectivity index (χ4n) is 2.51. The van der Waals surface area contributed by atoms with E-state index in [9.17, 15) is 13.2 Å². The van der Waals surface area contributed by atoms with E-state index in [0.29, 0.717) is 5.69 Å². The Hall–Kier alpha value is -1.83. The number of amides is 1. The van der Waals surface area contributed by atoms with Crippen LogP contribution in [0.2, 0.25) is 5.02 Å². The highest BCUT2D eigenvalue weighted by molar-refractivity contribution is 7.89. The largest absolute Gasteiger partial charge is 0.469 e. The van der Waals surface area contributed by atoms with Crippen LogP contribution < -0.4 is 5.32 Å². The summed E-state index contributed by atoms with van der Waals surface area (Å²) < 4.78 is 30.9. The molecule has 1 aliphatic carbocycles. The molecule has 0 spiro atoms. The summed E-state index contributed by atoms with van der Waals surface area (Å²) in [5, 5.41) is 2.86. The quantitative estimate of drug-likeness (QED) is 0.879. The molecule has 1 amide bonds. The summed E-state index contributed by atoms with van der Waals surface area (Å²) >= 11 is 6.00. The van der Waals surface area contributed by atoms with Gasteiger partial charge in [0.1, 0.15) is 10.7 Å². The molecule has 2 aromatic rings. The highest BCUT2D eigenvalue weighted by atomic mass is 35.5. The fraction of sp³-hybridized carbons (Fsp3) is 0.312. The van der Waals surface area contributed by atoms with Crippen LogP contribution in [0.3, 0.4) is 0 Å². The van der Waals surface area contributed by atoms with Gasteiger partial charge in [-0.3, -0.25) is 4.79 Å². The number of hydrogen-bond donors (Lipinski definition) is 1. The van der Waals surface area contributed by atoms with Crippen LogP contribution in [0, 0.1) is 5.92 Å². The molecule has 6 nitrogen and oxygen atoms in total. The fourth-order valence-corrected chi connectivity index (χ4v) is 3.91. The van der Waals surface area contributed by atoms with Crippen molar-refractivity contribution in [2.75, 3.05) is 19.4 Å². The molecule has 1 saturated carbocycles. The number of halogens is 1. The van der Waals surface area contributed by atoms with E-state index in [0.717, 1.165) is 16.5 Å². The molecule has 0 radical (unpaired) electrons. The monoisotopic (exact) mass is 368 g/mol. The molecular formula is C16H17ClN2O4S. The van der Waals surface area contributed by atoms with Gasteiger partial charge in [-0.05, 0) is 36.8 Å². The molecule has 24 heavy (non-hydrogen) atoms. The van der Waals surface area contributed by atoms with Gasteiger partial charge in [-0.2, -0.15) is 0 Å². The van der Waals surface area contributed by atoms with E-state index in [1.54, 1.807) is 18.4 Å². The Morgan fingerprint density at radius 1 is 1.33 bits per heavy atom. The van der Waals surface area contributed by atoms with Gasteiger partial charge in [-0.25, -0.2) is 12.7 Å². The van der Waals surface area contributed by atoms with E-state index in [1.165, 1.54) is 26.2 Å². The smallest absolute Gasteiger partial charge is 0.244 e. The zero-order valence-corrected chi connectivity index (χ0v) is 14.8. The van der Waals surface area contributed by atoms with Crippen molar-refractivity contribution in [2.24, 2.45) is 5.92 Å². The summed E-state index contributed by atoms with van der Waals surface area (Å²) in [6.45, 7) is 0. The maximum atomic E-state index is 12.3. The van der Waals surface area contributed by atoms with Crippen molar-refractivity contribution in [3.8, 4) is 0 Å². The molecule has 0 bridgehead atoms. The molecular weight excluding hydrogens is 352 g/mol. The minimum atomic E-state index is -3.68. The molecule has 8 heteroatoms. The van der Waals surface area contributed by atoms with E-state index in [-0.39, 0.29) is 27.7 Å². The van der Waals surface area contributed by atoms with Crippen molar-refractivity contribution in [1.29, 1.82) is 0 Å². The van der Waals surface area contributed by atoms with Crippen molar-refractivity contribution in [3.63, 3.8) is 0 Å². The Kier molecular flexibility index (Phi) is 4.42. The lowest BCUT2D eigenvalue weighted by atomic mass is 10.2. The van der Waals surface area contributed by atoms with Gasteiger partial charge in [-0.15, -0.1) is 0 Å². The summed E-state index contributed by atoms with van der Waals surface area (Å²) in [4.78, 5) is 12.3. The average Bonchev–Trinajstić information content (AvgIpc) is 3.15. The molecule has 1 heterocycles. The molecule has 128 valence electrons. The van der Waals surface area contributed by atoms with Crippen LogP contribution >= 0.6 is 11.6 Å². The van der Waals surface area contributed by atoms with Crippen LogP contribution in [0.4, 0.5) is 5.69 Å². The second-order valence-corrected chi connectivity index (χ2v) is 8.41. The van der Waals surface area contributed by atoms with Crippen molar-refractivity contribution < 1.29 is 17.6 Å². The summed E-state index contributed by atoms with van der Waals surface area (Å²) in [5.74, 6) is 0.548. The lowest BCUT2D eigenvalue weighted by Gasteiger charge is -2.14. The van der Waals surface area contributed by atoms with Gasteiger partial charge in [0.05, 0.1) is 11.3 Å². The van der Waals surface area contributed by atoms with Gasteiger partial charge in [0, 0.05) is 31.6 Å². The van der Waals surface area contributed by atoms with Gasteiger partial charge >= 0.3 is 0 Å². The molecule has 2 unspecified atom stereocenters. The molecule has 2 atom stereocenters. The third-order valence-electron chi connectivity index (χ3n) is 3.99. The molecule has 1 N–H and O–H groups in total. The normalized spacial score (nSPS) is 20.2. The number of nitrogens with zero attached hydrogens (tertiary/aromatic N) is 1. The number of nitrogens with one attached hydrogen (secondary N) is 1. The topological polar surface area (TPSA) is 79.6 Å². The van der Waals surface area contributed by atoms with Crippen molar-refractivity contribution in [3.05, 3.63) is 47.4 Å². The number of carbonyl (C=O) groups is 1. The second-order valence-electron chi connectivity index (χ2n) is 5.89. The van der Waals surface area contributed by atoms with Gasteiger partial charge in [0.25, 0.3) is 0 Å². The van der Waals surface area contributed by atoms with E-state index in [1.807, 2.05) is 6.07 Å². The zero-order chi connectivity index (χ0) is 17.5. The van der Waals surface area contributed by atoms with Crippen LogP contribution in [0.25, 0.3) is 0 Å². The first-order valence-electron chi connectivity index (χ1n) is 7.37. The van der Waals surface area contributed by atoms with Crippen LogP contribution in [0.15, 0.2) is 45.9 Å². The van der Waals surface area contributed by atoms with Gasteiger partial charge < -0.3 is 9.73 Å². The van der Waals surface area contributed by atoms with E-state index < -0.39 is 10.0 Å². The number of anilines is 1. The first kappa shape index (κ1) is 17.0. The van der Waals surface area contributed by atoms with Crippen LogP contribution in [-0.4, -0.2) is 32.7 Å². The van der Waals surface area contributed by atoms with Crippen LogP contribution in [0.1, 0.15) is 18.1 Å². The van der Waals surface area contributed by atoms with Crippen LogP contribution in [-0.2, 0) is 14.8 Å². The Bertz CT molecular complexity index is 862. The number of carbonyl (C=O) groups excluding carboxylic acids is 1. The predicted octanol–water partition coefficient (Wildman–Crippen LogP) is 2.93. The Morgan fingerprint density at radius 3 is 2.71 bits per heavy atom. The number of rotatable bonds is 5. The molecule has 1 fully saturated rings. The molecule has 1 aromatic carbocycles. The molecule has 0 saturated heterocycles. The summed E-state index contributed by atoms with van der Waals surface area (Å²) in [7, 11) is -0.830. The lowest BCUT2D eigenvalue weighted by molar-refractivity contribution is -0.117. The number of hydrogen-bond acceptors (Lipinski definition) is 4. The van der Waals surface area contributed by atoms with E-state index in [2.05, 4.69) is 5.32 Å². The number of furan rings is 1. The summed E-state index contributed by atoms with van der Waals surface area (Å²) in [6.07, 6.45) is 2.30. The van der Waals surface area contributed by atoms with E-state index in [4.69, 9.17) is 16.0 Å². The SMILES string of the molecule is CN(C)S(=O)(=O)c1cc(NC(=O)C2CC2c2ccco2)ccc1Cl. The highest BCUT2D eigenvalue weighted by Crippen LogP contribution is 2.48. The van der Waals surface area contributed by atoms with E-state index >= 15 is 0 Å². The van der Waals surface area contributed by atoms with Crippen molar-refractivity contribution >= 4 is 33.2 Å². The highest BCUT2D eigenvalue weighted by Gasteiger charge is 2.45. The second kappa shape index (κ2) is 6.23. The molecule has 0 aliphatic heterocycles. The third kappa shape index (κ3) is 3.19. The average molecular weight is 369 g/mol. The maximum Gasteiger partial charge on any atom is 0.244 e. The van der Waals surface area contributed by atoms with Crippen LogP contribution in [0.5, 0.6) is 0 Å². The molecule has 1 aromatic heterocycles. The number of sulfonamides is 1. The van der Waals surface area contributed by atoms with Crippen molar-refractivity contribution in [2.45, 2.75) is 17.2 Å². The van der Waals surface area contributed by atoms with Gasteiger partial charge in [0.15, 0.2) is 0 Å². The maximum absolute atomic E-state index is 12.3. The Labute approximate surface area is 145 Å². The Morgan fingerprint density at radius 2 is 2.08 bits per heavy atom. The Balaban J connectivity index is 1.76. The lowest BCUT2D eigenvalue weighted by Crippen LogP contribution is -2.23. The summed E-state index contributed by atoms with van der Waals surface area (Å²) in [6, 6.07) is 8.06. The minimum absolute atomic E-state index is 0.0367. The first-order chi connectivity index (χ1) is 11.3.